The Morgan fingerprint density at radius 3 is 2.75 bits per heavy atom. The average Bonchev–Trinajstić information content (AvgIpc) is 3.25. The van der Waals surface area contributed by atoms with Gasteiger partial charge >= 0.3 is 6.18 Å². The monoisotopic (exact) mass is 411 g/mol. The highest BCUT2D eigenvalue weighted by molar-refractivity contribution is 6.31. The molecule has 0 radical (unpaired) electrons. The van der Waals surface area contributed by atoms with Crippen molar-refractivity contribution in [1.82, 2.24) is 24.2 Å². The van der Waals surface area contributed by atoms with Gasteiger partial charge in [0.2, 0.25) is 0 Å². The van der Waals surface area contributed by atoms with Gasteiger partial charge in [0.1, 0.15) is 12.4 Å². The van der Waals surface area contributed by atoms with Crippen molar-refractivity contribution in [2.24, 2.45) is 0 Å². The van der Waals surface area contributed by atoms with Gasteiger partial charge < -0.3 is 9.47 Å². The van der Waals surface area contributed by atoms with Crippen LogP contribution in [-0.2, 0) is 19.6 Å². The van der Waals surface area contributed by atoms with Crippen LogP contribution in [0, 0.1) is 0 Å². The summed E-state index contributed by atoms with van der Waals surface area (Å²) < 4.78 is 40.4. The van der Waals surface area contributed by atoms with Crippen LogP contribution in [0.15, 0.2) is 49.1 Å². The minimum absolute atomic E-state index is 0.0579. The molecule has 1 aromatic carbocycles. The lowest BCUT2D eigenvalue weighted by Crippen LogP contribution is -2.28. The van der Waals surface area contributed by atoms with E-state index >= 15 is 0 Å². The lowest BCUT2D eigenvalue weighted by Gasteiger charge is -2.17. The number of alkyl halides is 3. The Bertz CT molecular complexity index is 966. The largest absolute Gasteiger partial charge is 0.406 e. The molecule has 0 aliphatic rings. The third kappa shape index (κ3) is 4.92. The van der Waals surface area contributed by atoms with Crippen molar-refractivity contribution < 1.29 is 18.0 Å². The Morgan fingerprint density at radius 2 is 2.04 bits per heavy atom. The SMILES string of the molecule is CN(Cc1nccn1CC(F)(F)F)C(=O)c1cnn(Cc2ccccc2Cl)c1. The summed E-state index contributed by atoms with van der Waals surface area (Å²) in [5, 5.41) is 4.76. The molecule has 0 atom stereocenters. The number of imidazole rings is 1. The number of carbonyl (C=O) groups excluding carboxylic acids is 1. The zero-order valence-corrected chi connectivity index (χ0v) is 15.7. The van der Waals surface area contributed by atoms with Crippen LogP contribution >= 0.6 is 11.6 Å². The quantitative estimate of drug-likeness (QED) is 0.622. The van der Waals surface area contributed by atoms with Gasteiger partial charge in [-0.1, -0.05) is 29.8 Å². The summed E-state index contributed by atoms with van der Waals surface area (Å²) in [4.78, 5) is 17.8. The molecule has 0 N–H and O–H groups in total. The van der Waals surface area contributed by atoms with Crippen molar-refractivity contribution >= 4 is 17.5 Å². The van der Waals surface area contributed by atoms with Gasteiger partial charge in [-0.3, -0.25) is 9.48 Å². The van der Waals surface area contributed by atoms with Crippen LogP contribution in [0.1, 0.15) is 21.7 Å². The third-order valence-electron chi connectivity index (χ3n) is 4.05. The fourth-order valence-corrected chi connectivity index (χ4v) is 2.89. The molecule has 10 heteroatoms. The molecule has 3 aromatic rings. The van der Waals surface area contributed by atoms with E-state index < -0.39 is 12.7 Å². The second-order valence-electron chi connectivity index (χ2n) is 6.27. The summed E-state index contributed by atoms with van der Waals surface area (Å²) >= 11 is 6.13. The fraction of sp³-hybridized carbons (Fsp3) is 0.278. The normalized spacial score (nSPS) is 11.6. The van der Waals surface area contributed by atoms with Gasteiger partial charge in [0.25, 0.3) is 5.91 Å². The molecule has 0 saturated carbocycles. The second-order valence-corrected chi connectivity index (χ2v) is 6.67. The molecule has 2 aromatic heterocycles. The lowest BCUT2D eigenvalue weighted by molar-refractivity contribution is -0.141. The van der Waals surface area contributed by atoms with Crippen LogP contribution in [0.5, 0.6) is 0 Å². The molecule has 2 heterocycles. The molecule has 1 amide bonds. The van der Waals surface area contributed by atoms with Crippen molar-refractivity contribution in [3.05, 3.63) is 71.0 Å². The number of carbonyl (C=O) groups is 1. The summed E-state index contributed by atoms with van der Waals surface area (Å²) in [6.45, 7) is -0.815. The summed E-state index contributed by atoms with van der Waals surface area (Å²) in [6, 6.07) is 7.30. The van der Waals surface area contributed by atoms with E-state index in [1.165, 1.54) is 30.5 Å². The highest BCUT2D eigenvalue weighted by Crippen LogP contribution is 2.19. The molecule has 0 aliphatic carbocycles. The number of aromatic nitrogens is 4. The smallest absolute Gasteiger partial charge is 0.334 e. The van der Waals surface area contributed by atoms with E-state index in [9.17, 15) is 18.0 Å². The van der Waals surface area contributed by atoms with Gasteiger partial charge in [0.15, 0.2) is 0 Å². The molecule has 0 aliphatic heterocycles. The summed E-state index contributed by atoms with van der Waals surface area (Å²) in [5.41, 5.74) is 1.18. The lowest BCUT2D eigenvalue weighted by atomic mass is 10.2. The van der Waals surface area contributed by atoms with Crippen molar-refractivity contribution in [3.8, 4) is 0 Å². The number of amides is 1. The first-order valence-corrected chi connectivity index (χ1v) is 8.69. The van der Waals surface area contributed by atoms with Gasteiger partial charge in [-0.05, 0) is 11.6 Å². The molecule has 3 rings (SSSR count). The van der Waals surface area contributed by atoms with Crippen LogP contribution in [-0.4, -0.2) is 43.4 Å². The Morgan fingerprint density at radius 1 is 1.29 bits per heavy atom. The molecule has 0 unspecified atom stereocenters. The van der Waals surface area contributed by atoms with Crippen LogP contribution in [0.2, 0.25) is 5.02 Å². The van der Waals surface area contributed by atoms with Crippen LogP contribution in [0.4, 0.5) is 13.2 Å². The molecular formula is C18H17ClF3N5O. The fourth-order valence-electron chi connectivity index (χ4n) is 2.69. The van der Waals surface area contributed by atoms with Crippen LogP contribution in [0.3, 0.4) is 0 Å². The van der Waals surface area contributed by atoms with E-state index in [0.29, 0.717) is 17.1 Å². The molecular weight excluding hydrogens is 395 g/mol. The zero-order valence-electron chi connectivity index (χ0n) is 14.9. The third-order valence-corrected chi connectivity index (χ3v) is 4.42. The average molecular weight is 412 g/mol. The first kappa shape index (κ1) is 19.9. The summed E-state index contributed by atoms with van der Waals surface area (Å²) in [5.74, 6) is -0.219. The van der Waals surface area contributed by atoms with Crippen molar-refractivity contribution in [1.29, 1.82) is 0 Å². The maximum Gasteiger partial charge on any atom is 0.406 e. The molecule has 6 nitrogen and oxygen atoms in total. The molecule has 0 fully saturated rings. The number of rotatable bonds is 6. The van der Waals surface area contributed by atoms with Gasteiger partial charge in [-0.15, -0.1) is 0 Å². The van der Waals surface area contributed by atoms with E-state index in [0.717, 1.165) is 10.1 Å². The summed E-state index contributed by atoms with van der Waals surface area (Å²) in [6.07, 6.45) is 1.14. The van der Waals surface area contributed by atoms with Gasteiger partial charge in [0.05, 0.1) is 24.8 Å². The first-order valence-electron chi connectivity index (χ1n) is 8.31. The van der Waals surface area contributed by atoms with Crippen molar-refractivity contribution in [2.45, 2.75) is 25.8 Å². The number of hydrogen-bond donors (Lipinski definition) is 0. The van der Waals surface area contributed by atoms with E-state index in [2.05, 4.69) is 10.1 Å². The minimum Gasteiger partial charge on any atom is -0.334 e. The second kappa shape index (κ2) is 8.05. The highest BCUT2D eigenvalue weighted by Gasteiger charge is 2.29. The molecule has 0 bridgehead atoms. The van der Waals surface area contributed by atoms with E-state index in [4.69, 9.17) is 11.6 Å². The maximum atomic E-state index is 12.6. The zero-order chi connectivity index (χ0) is 20.3. The summed E-state index contributed by atoms with van der Waals surface area (Å²) in [7, 11) is 1.50. The molecule has 0 saturated heterocycles. The minimum atomic E-state index is -4.36. The van der Waals surface area contributed by atoms with Crippen molar-refractivity contribution in [2.75, 3.05) is 7.05 Å². The highest BCUT2D eigenvalue weighted by atomic mass is 35.5. The Labute approximate surface area is 164 Å². The Balaban J connectivity index is 1.67. The first-order chi connectivity index (χ1) is 13.2. The number of nitrogens with zero attached hydrogens (tertiary/aromatic N) is 5. The maximum absolute atomic E-state index is 12.6. The topological polar surface area (TPSA) is 56.0 Å². The number of hydrogen-bond acceptors (Lipinski definition) is 3. The van der Waals surface area contributed by atoms with Crippen LogP contribution < -0.4 is 0 Å². The predicted octanol–water partition coefficient (Wildman–Crippen LogP) is 3.62. The molecule has 148 valence electrons. The molecule has 0 spiro atoms. The van der Waals surface area contributed by atoms with Crippen LogP contribution in [0.25, 0.3) is 0 Å². The van der Waals surface area contributed by atoms with E-state index in [1.54, 1.807) is 16.9 Å². The standard InChI is InChI=1S/C18H17ClF3N5O/c1-25(11-16-23-6-7-26(16)12-18(20,21)22)17(28)14-8-24-27(10-14)9-13-4-2-3-5-15(13)19/h2-8,10H,9,11-12H2,1H3. The number of halogens is 4. The molecule has 28 heavy (non-hydrogen) atoms. The van der Waals surface area contributed by atoms with Gasteiger partial charge in [0, 0.05) is 30.7 Å². The number of benzene rings is 1. The van der Waals surface area contributed by atoms with E-state index in [-0.39, 0.29) is 18.3 Å². The van der Waals surface area contributed by atoms with E-state index in [1.807, 2.05) is 18.2 Å². The van der Waals surface area contributed by atoms with Crippen molar-refractivity contribution in [3.63, 3.8) is 0 Å². The van der Waals surface area contributed by atoms with Gasteiger partial charge in [-0.2, -0.15) is 18.3 Å². The Hall–Kier alpha value is -2.81. The Kier molecular flexibility index (Phi) is 5.73. The van der Waals surface area contributed by atoms with Gasteiger partial charge in [-0.25, -0.2) is 4.98 Å². The predicted molar refractivity (Wildman–Crippen MR) is 96.9 cm³/mol.